The lowest BCUT2D eigenvalue weighted by Gasteiger charge is -2.33. The molecular weight excluding hydrogens is 727 g/mol. The number of carbonyl (C=O) groups excluding carboxylic acids is 2. The van der Waals surface area contributed by atoms with Crippen LogP contribution in [0.5, 0.6) is 5.88 Å². The van der Waals surface area contributed by atoms with Gasteiger partial charge in [0, 0.05) is 30.9 Å². The van der Waals surface area contributed by atoms with Crippen molar-refractivity contribution >= 4 is 39.4 Å². The van der Waals surface area contributed by atoms with Crippen LogP contribution in [0.1, 0.15) is 84.5 Å². The minimum atomic E-state index is -4.41. The van der Waals surface area contributed by atoms with Crippen molar-refractivity contribution in [3.63, 3.8) is 0 Å². The van der Waals surface area contributed by atoms with E-state index in [2.05, 4.69) is 20.4 Å². The fourth-order valence-corrected chi connectivity index (χ4v) is 6.67. The maximum Gasteiger partial charge on any atom is 0.410 e. The molecule has 1 atom stereocenters. The Hall–Kier alpha value is -4.12. The van der Waals surface area contributed by atoms with Crippen LogP contribution in [0.4, 0.5) is 23.8 Å². The molecular formula is C34H45ClF3N7O6S. The van der Waals surface area contributed by atoms with E-state index in [1.54, 1.807) is 11.0 Å². The first kappa shape index (κ1) is 40.6. The summed E-state index contributed by atoms with van der Waals surface area (Å²) < 4.78 is 79.6. The maximum atomic E-state index is 13.1. The van der Waals surface area contributed by atoms with E-state index in [4.69, 9.17) is 21.1 Å². The number of hydrogen-bond acceptors (Lipinski definition) is 10. The van der Waals surface area contributed by atoms with Gasteiger partial charge in [-0.25, -0.2) is 24.2 Å². The minimum absolute atomic E-state index is 0.0533. The van der Waals surface area contributed by atoms with Crippen molar-refractivity contribution in [2.24, 2.45) is 11.3 Å². The monoisotopic (exact) mass is 771 g/mol. The molecule has 52 heavy (non-hydrogen) atoms. The fourth-order valence-electron chi connectivity index (χ4n) is 5.50. The second kappa shape index (κ2) is 15.5. The Bertz CT molecular complexity index is 1860. The summed E-state index contributed by atoms with van der Waals surface area (Å²) in [6.07, 6.45) is -1.15. The molecule has 1 fully saturated rings. The second-order valence-electron chi connectivity index (χ2n) is 14.9. The molecule has 0 unspecified atom stereocenters. The Morgan fingerprint density at radius 2 is 1.77 bits per heavy atom. The summed E-state index contributed by atoms with van der Waals surface area (Å²) in [6, 6.07) is 8.40. The molecule has 3 aromatic heterocycles. The van der Waals surface area contributed by atoms with Gasteiger partial charge in [-0.2, -0.15) is 21.6 Å². The number of nitrogens with zero attached hydrogens (tertiary/aromatic N) is 5. The van der Waals surface area contributed by atoms with Crippen LogP contribution in [0.25, 0.3) is 5.82 Å². The summed E-state index contributed by atoms with van der Waals surface area (Å²) in [4.78, 5) is 35.7. The van der Waals surface area contributed by atoms with Crippen molar-refractivity contribution in [3.05, 3.63) is 53.3 Å². The van der Waals surface area contributed by atoms with Gasteiger partial charge in [-0.15, -0.1) is 5.10 Å². The minimum Gasteiger partial charge on any atom is -0.477 e. The first-order chi connectivity index (χ1) is 24.0. The Kier molecular flexibility index (Phi) is 12.1. The largest absolute Gasteiger partial charge is 0.477 e. The average molecular weight is 772 g/mol. The number of carbonyl (C=O) groups is 2. The van der Waals surface area contributed by atoms with E-state index in [1.807, 2.05) is 39.3 Å². The quantitative estimate of drug-likeness (QED) is 0.137. The van der Waals surface area contributed by atoms with Crippen LogP contribution in [-0.2, 0) is 14.8 Å². The number of aromatic nitrogens is 4. The third-order valence-electron chi connectivity index (χ3n) is 8.52. The standard InChI is InChI=1S/C34H45ClF3N7O6S/c1-31(2,3)51-30(47)44-21-22(20-33(44,6)7)10-9-17-39-24-11-8-12-27(40-24)52(48,49)43-29(46)23-13-14-25(41-28(23)35)45-18-15-26(42-45)50-19-16-32(4,5)34(36,37)38/h8,11-15,18,22H,9-10,16-17,19-21H2,1-7H3,(H,39,40)(H,43,46)/t22-/m0/s1. The summed E-state index contributed by atoms with van der Waals surface area (Å²) in [5.74, 6) is -0.267. The van der Waals surface area contributed by atoms with Gasteiger partial charge in [0.05, 0.1) is 17.6 Å². The van der Waals surface area contributed by atoms with Crippen molar-refractivity contribution in [3.8, 4) is 11.7 Å². The lowest BCUT2D eigenvalue weighted by atomic mass is 9.89. The highest BCUT2D eigenvalue weighted by atomic mass is 35.5. The molecule has 0 saturated carbocycles. The number of likely N-dealkylation sites (tertiary alicyclic amines) is 1. The first-order valence-electron chi connectivity index (χ1n) is 16.7. The molecule has 0 spiro atoms. The van der Waals surface area contributed by atoms with Crippen molar-refractivity contribution in [2.75, 3.05) is 25.0 Å². The van der Waals surface area contributed by atoms with Crippen molar-refractivity contribution in [1.82, 2.24) is 29.4 Å². The van der Waals surface area contributed by atoms with E-state index >= 15 is 0 Å². The molecule has 286 valence electrons. The van der Waals surface area contributed by atoms with E-state index in [0.717, 1.165) is 33.1 Å². The number of sulfonamides is 1. The van der Waals surface area contributed by atoms with Gasteiger partial charge < -0.3 is 19.7 Å². The number of anilines is 1. The predicted molar refractivity (Wildman–Crippen MR) is 188 cm³/mol. The van der Waals surface area contributed by atoms with Crippen molar-refractivity contribution < 1.29 is 40.7 Å². The molecule has 1 aliphatic rings. The number of hydrogen-bond donors (Lipinski definition) is 2. The zero-order valence-corrected chi connectivity index (χ0v) is 31.7. The molecule has 2 amide bonds. The molecule has 4 heterocycles. The Labute approximate surface area is 306 Å². The summed E-state index contributed by atoms with van der Waals surface area (Å²) in [5, 5.41) is 6.53. The average Bonchev–Trinajstić information content (AvgIpc) is 3.61. The molecule has 2 N–H and O–H groups in total. The molecule has 0 bridgehead atoms. The molecule has 1 aliphatic heterocycles. The highest BCUT2D eigenvalue weighted by Gasteiger charge is 2.47. The van der Waals surface area contributed by atoms with Gasteiger partial charge in [0.25, 0.3) is 15.9 Å². The summed E-state index contributed by atoms with van der Waals surface area (Å²) in [5.41, 5.74) is -3.08. The molecule has 0 aliphatic carbocycles. The van der Waals surface area contributed by atoms with Gasteiger partial charge in [0.2, 0.25) is 5.88 Å². The molecule has 1 saturated heterocycles. The predicted octanol–water partition coefficient (Wildman–Crippen LogP) is 7.02. The number of alkyl halides is 3. The first-order valence-corrected chi connectivity index (χ1v) is 18.5. The highest BCUT2D eigenvalue weighted by Crippen LogP contribution is 2.40. The molecule has 3 aromatic rings. The van der Waals surface area contributed by atoms with Gasteiger partial charge in [-0.05, 0) is 90.5 Å². The van der Waals surface area contributed by atoms with E-state index in [1.165, 1.54) is 41.2 Å². The van der Waals surface area contributed by atoms with E-state index in [-0.39, 0.29) is 58.0 Å². The van der Waals surface area contributed by atoms with Crippen LogP contribution in [-0.4, -0.2) is 82.1 Å². The zero-order valence-electron chi connectivity index (χ0n) is 30.2. The molecule has 0 radical (unpaired) electrons. The SMILES string of the molecule is CC(C)(C)OC(=O)N1C[C@@H](CCCNc2cccc(S(=O)(=O)NC(=O)c3ccc(-n4ccc(OCCC(C)(C)C(F)(F)F)n4)nc3Cl)n2)CC1(C)C. The van der Waals surface area contributed by atoms with E-state index in [0.29, 0.717) is 18.9 Å². The van der Waals surface area contributed by atoms with Crippen LogP contribution in [0.15, 0.2) is 47.6 Å². The molecule has 13 nitrogen and oxygen atoms in total. The number of ether oxygens (including phenoxy) is 2. The van der Waals surface area contributed by atoms with Crippen LogP contribution < -0.4 is 14.8 Å². The topological polar surface area (TPSA) is 158 Å². The zero-order chi connectivity index (χ0) is 38.7. The molecule has 0 aromatic carbocycles. The third kappa shape index (κ3) is 10.5. The summed E-state index contributed by atoms with van der Waals surface area (Å²) in [6.45, 7) is 12.6. The van der Waals surface area contributed by atoms with E-state index in [9.17, 15) is 31.2 Å². The number of nitrogens with one attached hydrogen (secondary N) is 2. The van der Waals surface area contributed by atoms with Gasteiger partial charge in [0.1, 0.15) is 16.6 Å². The maximum absolute atomic E-state index is 13.1. The number of amides is 2. The smallest absolute Gasteiger partial charge is 0.410 e. The molecule has 18 heteroatoms. The van der Waals surface area contributed by atoms with Crippen LogP contribution in [0.3, 0.4) is 0 Å². The fraction of sp³-hybridized carbons (Fsp3) is 0.559. The lowest BCUT2D eigenvalue weighted by Crippen LogP contribution is -2.45. The molecule has 4 rings (SSSR count). The second-order valence-corrected chi connectivity index (χ2v) is 16.9. The van der Waals surface area contributed by atoms with Gasteiger partial charge in [-0.1, -0.05) is 31.5 Å². The summed E-state index contributed by atoms with van der Waals surface area (Å²) in [7, 11) is -4.41. The van der Waals surface area contributed by atoms with Gasteiger partial charge >= 0.3 is 12.3 Å². The van der Waals surface area contributed by atoms with Crippen LogP contribution in [0.2, 0.25) is 5.15 Å². The van der Waals surface area contributed by atoms with Crippen LogP contribution in [0, 0.1) is 11.3 Å². The Morgan fingerprint density at radius 1 is 1.06 bits per heavy atom. The van der Waals surface area contributed by atoms with Crippen molar-refractivity contribution in [1.29, 1.82) is 0 Å². The van der Waals surface area contributed by atoms with E-state index < -0.39 is 33.1 Å². The summed E-state index contributed by atoms with van der Waals surface area (Å²) >= 11 is 6.24. The van der Waals surface area contributed by atoms with Crippen LogP contribution >= 0.6 is 11.6 Å². The van der Waals surface area contributed by atoms with Crippen molar-refractivity contribution in [2.45, 2.75) is 96.5 Å². The lowest BCUT2D eigenvalue weighted by molar-refractivity contribution is -0.215. The Morgan fingerprint density at radius 3 is 2.42 bits per heavy atom. The van der Waals surface area contributed by atoms with Gasteiger partial charge in [-0.3, -0.25) is 4.79 Å². The number of halogens is 4. The van der Waals surface area contributed by atoms with Gasteiger partial charge in [0.15, 0.2) is 10.8 Å². The number of rotatable bonds is 13. The highest BCUT2D eigenvalue weighted by molar-refractivity contribution is 7.90. The Balaban J connectivity index is 1.29. The normalized spacial score (nSPS) is 16.4. The number of pyridine rings is 2. The third-order valence-corrected chi connectivity index (χ3v) is 10.0.